The molecule has 3 rings (SSSR count). The molecule has 1 aliphatic heterocycles. The summed E-state index contributed by atoms with van der Waals surface area (Å²) in [5, 5.41) is 3.99. The molecule has 1 aromatic heterocycles. The van der Waals surface area contributed by atoms with E-state index in [0.29, 0.717) is 17.7 Å². The van der Waals surface area contributed by atoms with Gasteiger partial charge >= 0.3 is 0 Å². The summed E-state index contributed by atoms with van der Waals surface area (Å²) in [5.41, 5.74) is 2.63. The number of aromatic nitrogens is 1. The van der Waals surface area contributed by atoms with Crippen LogP contribution in [0.4, 0.5) is 0 Å². The van der Waals surface area contributed by atoms with Crippen LogP contribution in [0.2, 0.25) is 0 Å². The Morgan fingerprint density at radius 2 is 1.92 bits per heavy atom. The van der Waals surface area contributed by atoms with Crippen molar-refractivity contribution in [3.63, 3.8) is 0 Å². The SMILES string of the molecule is CCc1noc(C)c1C(=O)N1CCN(CC=Cc2ccccc2)CC1. The van der Waals surface area contributed by atoms with Crippen LogP contribution in [-0.2, 0) is 6.42 Å². The Morgan fingerprint density at radius 3 is 2.60 bits per heavy atom. The largest absolute Gasteiger partial charge is 0.361 e. The zero-order chi connectivity index (χ0) is 17.6. The summed E-state index contributed by atoms with van der Waals surface area (Å²) in [6.07, 6.45) is 5.04. The molecule has 0 saturated carbocycles. The van der Waals surface area contributed by atoms with Crippen molar-refractivity contribution in [3.05, 3.63) is 59.0 Å². The van der Waals surface area contributed by atoms with E-state index in [1.165, 1.54) is 5.56 Å². The molecule has 1 fully saturated rings. The van der Waals surface area contributed by atoms with E-state index in [0.717, 1.165) is 38.4 Å². The van der Waals surface area contributed by atoms with Gasteiger partial charge in [0.25, 0.3) is 5.91 Å². The molecule has 2 aromatic rings. The van der Waals surface area contributed by atoms with Crippen LogP contribution in [-0.4, -0.2) is 53.6 Å². The van der Waals surface area contributed by atoms with Crippen molar-refractivity contribution in [3.8, 4) is 0 Å². The van der Waals surface area contributed by atoms with Crippen LogP contribution in [0, 0.1) is 6.92 Å². The maximum atomic E-state index is 12.8. The fourth-order valence-electron chi connectivity index (χ4n) is 3.13. The van der Waals surface area contributed by atoms with Crippen LogP contribution < -0.4 is 0 Å². The monoisotopic (exact) mass is 339 g/mol. The molecule has 2 heterocycles. The summed E-state index contributed by atoms with van der Waals surface area (Å²) < 4.78 is 5.20. The first-order chi connectivity index (χ1) is 12.2. The molecule has 0 N–H and O–H groups in total. The van der Waals surface area contributed by atoms with Crippen molar-refractivity contribution in [2.24, 2.45) is 0 Å². The number of carbonyl (C=O) groups excluding carboxylic acids is 1. The molecule has 1 saturated heterocycles. The van der Waals surface area contributed by atoms with Gasteiger partial charge in [0.05, 0.1) is 5.69 Å². The van der Waals surface area contributed by atoms with E-state index in [-0.39, 0.29) is 5.91 Å². The maximum absolute atomic E-state index is 12.8. The molecule has 0 aliphatic carbocycles. The second-order valence-corrected chi connectivity index (χ2v) is 6.32. The Labute approximate surface area is 148 Å². The molecule has 0 atom stereocenters. The minimum Gasteiger partial charge on any atom is -0.361 e. The normalized spacial score (nSPS) is 15.8. The standard InChI is InChI=1S/C20H25N3O2/c1-3-18-19(16(2)25-21-18)20(24)23-14-12-22(13-15-23)11-7-10-17-8-5-4-6-9-17/h4-10H,3,11-15H2,1-2H3. The fourth-order valence-corrected chi connectivity index (χ4v) is 3.13. The van der Waals surface area contributed by atoms with Gasteiger partial charge in [-0.05, 0) is 18.9 Å². The second kappa shape index (κ2) is 8.12. The van der Waals surface area contributed by atoms with Gasteiger partial charge in [0.1, 0.15) is 11.3 Å². The van der Waals surface area contributed by atoms with Gasteiger partial charge in [-0.25, -0.2) is 0 Å². The topological polar surface area (TPSA) is 49.6 Å². The van der Waals surface area contributed by atoms with Gasteiger partial charge in [-0.15, -0.1) is 0 Å². The Morgan fingerprint density at radius 1 is 1.20 bits per heavy atom. The van der Waals surface area contributed by atoms with E-state index >= 15 is 0 Å². The van der Waals surface area contributed by atoms with Gasteiger partial charge in [-0.1, -0.05) is 54.6 Å². The van der Waals surface area contributed by atoms with Gasteiger partial charge in [-0.3, -0.25) is 9.69 Å². The van der Waals surface area contributed by atoms with Gasteiger partial charge in [0.2, 0.25) is 0 Å². The highest BCUT2D eigenvalue weighted by Gasteiger charge is 2.27. The average Bonchev–Trinajstić information content (AvgIpc) is 3.03. The van der Waals surface area contributed by atoms with Crippen LogP contribution in [0.3, 0.4) is 0 Å². The molecule has 5 heteroatoms. The minimum atomic E-state index is 0.0510. The van der Waals surface area contributed by atoms with Gasteiger partial charge in [0, 0.05) is 32.7 Å². The van der Waals surface area contributed by atoms with Gasteiger partial charge < -0.3 is 9.42 Å². The lowest BCUT2D eigenvalue weighted by Gasteiger charge is -2.34. The van der Waals surface area contributed by atoms with Crippen LogP contribution in [0.15, 0.2) is 40.9 Å². The predicted octanol–water partition coefficient (Wildman–Crippen LogP) is 3.02. The summed E-state index contributed by atoms with van der Waals surface area (Å²) in [6, 6.07) is 10.3. The molecule has 1 aliphatic rings. The van der Waals surface area contributed by atoms with Crippen LogP contribution in [0.5, 0.6) is 0 Å². The smallest absolute Gasteiger partial charge is 0.259 e. The van der Waals surface area contributed by atoms with Crippen molar-refractivity contribution >= 4 is 12.0 Å². The summed E-state index contributed by atoms with van der Waals surface area (Å²) in [5.74, 6) is 0.671. The molecule has 0 spiro atoms. The number of piperazine rings is 1. The zero-order valence-corrected chi connectivity index (χ0v) is 14.9. The summed E-state index contributed by atoms with van der Waals surface area (Å²) in [6.45, 7) is 7.96. The summed E-state index contributed by atoms with van der Waals surface area (Å²) in [4.78, 5) is 17.0. The van der Waals surface area contributed by atoms with Crippen molar-refractivity contribution in [1.82, 2.24) is 15.0 Å². The molecule has 1 amide bonds. The number of amides is 1. The lowest BCUT2D eigenvalue weighted by molar-refractivity contribution is 0.0647. The number of carbonyl (C=O) groups is 1. The molecule has 132 valence electrons. The highest BCUT2D eigenvalue weighted by atomic mass is 16.5. The van der Waals surface area contributed by atoms with Crippen LogP contribution in [0.25, 0.3) is 6.08 Å². The first-order valence-electron chi connectivity index (χ1n) is 8.87. The van der Waals surface area contributed by atoms with Crippen LogP contribution in [0.1, 0.15) is 34.3 Å². The number of aryl methyl sites for hydroxylation is 2. The van der Waals surface area contributed by atoms with Gasteiger partial charge in [0.15, 0.2) is 0 Å². The third-order valence-corrected chi connectivity index (χ3v) is 4.62. The summed E-state index contributed by atoms with van der Waals surface area (Å²) >= 11 is 0. The number of hydrogen-bond donors (Lipinski definition) is 0. The van der Waals surface area contributed by atoms with E-state index in [9.17, 15) is 4.79 Å². The van der Waals surface area contributed by atoms with Crippen LogP contribution >= 0.6 is 0 Å². The van der Waals surface area contributed by atoms with E-state index in [1.54, 1.807) is 0 Å². The first kappa shape index (κ1) is 17.4. The fraction of sp³-hybridized carbons (Fsp3) is 0.400. The molecular weight excluding hydrogens is 314 g/mol. The first-order valence-corrected chi connectivity index (χ1v) is 8.87. The maximum Gasteiger partial charge on any atom is 0.259 e. The molecule has 1 aromatic carbocycles. The summed E-state index contributed by atoms with van der Waals surface area (Å²) in [7, 11) is 0. The molecule has 25 heavy (non-hydrogen) atoms. The third kappa shape index (κ3) is 4.17. The van der Waals surface area contributed by atoms with E-state index in [2.05, 4.69) is 34.3 Å². The highest BCUT2D eigenvalue weighted by molar-refractivity contribution is 5.96. The van der Waals surface area contributed by atoms with E-state index in [4.69, 9.17) is 4.52 Å². The Balaban J connectivity index is 1.52. The minimum absolute atomic E-state index is 0.0510. The average molecular weight is 339 g/mol. The molecule has 0 bridgehead atoms. The van der Waals surface area contributed by atoms with Crippen molar-refractivity contribution < 1.29 is 9.32 Å². The lowest BCUT2D eigenvalue weighted by atomic mass is 10.1. The van der Waals surface area contributed by atoms with Gasteiger partial charge in [-0.2, -0.15) is 0 Å². The number of benzene rings is 1. The predicted molar refractivity (Wildman–Crippen MR) is 98.4 cm³/mol. The van der Waals surface area contributed by atoms with E-state index < -0.39 is 0 Å². The highest BCUT2D eigenvalue weighted by Crippen LogP contribution is 2.17. The van der Waals surface area contributed by atoms with Crippen molar-refractivity contribution in [1.29, 1.82) is 0 Å². The third-order valence-electron chi connectivity index (χ3n) is 4.62. The lowest BCUT2D eigenvalue weighted by Crippen LogP contribution is -2.48. The Bertz CT molecular complexity index is 729. The van der Waals surface area contributed by atoms with Crippen molar-refractivity contribution in [2.45, 2.75) is 20.3 Å². The van der Waals surface area contributed by atoms with E-state index in [1.807, 2.05) is 36.9 Å². The quantitative estimate of drug-likeness (QED) is 0.840. The Hall–Kier alpha value is -2.40. The number of hydrogen-bond acceptors (Lipinski definition) is 4. The molecule has 0 radical (unpaired) electrons. The second-order valence-electron chi connectivity index (χ2n) is 6.32. The zero-order valence-electron chi connectivity index (χ0n) is 14.9. The molecular formula is C20H25N3O2. The molecule has 5 nitrogen and oxygen atoms in total. The number of nitrogens with zero attached hydrogens (tertiary/aromatic N) is 3. The molecule has 0 unspecified atom stereocenters. The Kier molecular flexibility index (Phi) is 5.66. The number of rotatable bonds is 5. The van der Waals surface area contributed by atoms with Crippen molar-refractivity contribution in [2.75, 3.05) is 32.7 Å².